The zero-order valence-electron chi connectivity index (χ0n) is 31.1. The van der Waals surface area contributed by atoms with Crippen molar-refractivity contribution >= 4 is 11.7 Å². The maximum Gasteiger partial charge on any atom is 0.220 e. The van der Waals surface area contributed by atoms with Crippen LogP contribution in [0.4, 0.5) is 0 Å². The summed E-state index contributed by atoms with van der Waals surface area (Å²) in [4.78, 5) is 27.5. The molecule has 0 spiro atoms. The molecule has 0 bridgehead atoms. The highest BCUT2D eigenvalue weighted by Gasteiger charge is 2.20. The zero-order valence-corrected chi connectivity index (χ0v) is 31.1. The number of ketones is 1. The standard InChI is InChI=1S/C42H76N2O2/c1-5-7-9-11-13-15-17-19-21-22-24-25-27-29-31-33-35-37-41(45)40(39-44(3)4)43-42(46)38-36-34-32-30-28-26-23-20-18-16-14-12-10-8-6-2/h13-16,19-21,23,40H,5-12,17-18,22,24-39H2,1-4H3,(H,43,46)/b15-13-,16-14-,21-19-,23-20-. The number of hydrogen-bond acceptors (Lipinski definition) is 3. The number of rotatable bonds is 34. The highest BCUT2D eigenvalue weighted by molar-refractivity contribution is 5.89. The molecule has 0 aromatic heterocycles. The summed E-state index contributed by atoms with van der Waals surface area (Å²) in [5.74, 6) is 0.212. The van der Waals surface area contributed by atoms with Gasteiger partial charge in [-0.3, -0.25) is 9.59 Å². The van der Waals surface area contributed by atoms with Gasteiger partial charge in [0.1, 0.15) is 6.04 Å². The van der Waals surface area contributed by atoms with Crippen LogP contribution in [0.25, 0.3) is 0 Å². The summed E-state index contributed by atoms with van der Waals surface area (Å²) in [5.41, 5.74) is 0. The molecule has 0 rings (SSSR count). The van der Waals surface area contributed by atoms with Crippen LogP contribution in [0.15, 0.2) is 48.6 Å². The van der Waals surface area contributed by atoms with E-state index in [0.717, 1.165) is 44.9 Å². The molecular weight excluding hydrogens is 564 g/mol. The number of nitrogens with one attached hydrogen (secondary N) is 1. The summed E-state index contributed by atoms with van der Waals surface area (Å²) in [6, 6.07) is -0.384. The highest BCUT2D eigenvalue weighted by Crippen LogP contribution is 2.12. The third kappa shape index (κ3) is 33.4. The van der Waals surface area contributed by atoms with Gasteiger partial charge in [-0.1, -0.05) is 140 Å². The molecule has 1 atom stereocenters. The minimum absolute atomic E-state index is 0.0274. The Labute approximate surface area is 287 Å². The summed E-state index contributed by atoms with van der Waals surface area (Å²) in [6.45, 7) is 5.08. The molecule has 0 heterocycles. The number of allylic oxidation sites excluding steroid dienone is 8. The van der Waals surface area contributed by atoms with E-state index in [4.69, 9.17) is 0 Å². The molecule has 4 nitrogen and oxygen atoms in total. The molecule has 0 radical (unpaired) electrons. The van der Waals surface area contributed by atoms with Crippen LogP contribution in [0.3, 0.4) is 0 Å². The fourth-order valence-corrected chi connectivity index (χ4v) is 5.60. The van der Waals surface area contributed by atoms with E-state index in [2.05, 4.69) is 67.8 Å². The van der Waals surface area contributed by atoms with E-state index in [9.17, 15) is 9.59 Å². The topological polar surface area (TPSA) is 49.4 Å². The number of likely N-dealkylation sites (N-methyl/N-ethyl adjacent to an activating group) is 1. The molecule has 0 saturated heterocycles. The Morgan fingerprint density at radius 3 is 1.28 bits per heavy atom. The molecule has 0 aliphatic heterocycles. The highest BCUT2D eigenvalue weighted by atomic mass is 16.2. The lowest BCUT2D eigenvalue weighted by molar-refractivity contribution is -0.128. The van der Waals surface area contributed by atoms with Gasteiger partial charge in [-0.05, 0) is 91.1 Å². The third-order valence-electron chi connectivity index (χ3n) is 8.50. The zero-order chi connectivity index (χ0) is 33.8. The summed E-state index contributed by atoms with van der Waals surface area (Å²) in [7, 11) is 3.94. The molecule has 0 aromatic rings. The second-order valence-electron chi connectivity index (χ2n) is 13.5. The van der Waals surface area contributed by atoms with E-state index < -0.39 is 0 Å². The Bertz CT molecular complexity index is 795. The first kappa shape index (κ1) is 44.1. The summed E-state index contributed by atoms with van der Waals surface area (Å²) >= 11 is 0. The fraction of sp³-hybridized carbons (Fsp3) is 0.762. The third-order valence-corrected chi connectivity index (χ3v) is 8.50. The van der Waals surface area contributed by atoms with Crippen LogP contribution in [0.1, 0.15) is 181 Å². The maximum absolute atomic E-state index is 12.9. The van der Waals surface area contributed by atoms with Crippen LogP contribution in [0, 0.1) is 0 Å². The van der Waals surface area contributed by atoms with Crippen molar-refractivity contribution in [2.75, 3.05) is 20.6 Å². The van der Waals surface area contributed by atoms with Gasteiger partial charge < -0.3 is 10.2 Å². The molecule has 1 unspecified atom stereocenters. The monoisotopic (exact) mass is 641 g/mol. The second kappa shape index (κ2) is 35.9. The number of Topliss-reactive ketones (excluding diaryl/α,β-unsaturated/α-hetero) is 1. The number of amides is 1. The average molecular weight is 641 g/mol. The van der Waals surface area contributed by atoms with Crippen LogP contribution in [-0.4, -0.2) is 43.3 Å². The van der Waals surface area contributed by atoms with Gasteiger partial charge in [0.2, 0.25) is 5.91 Å². The molecule has 0 fully saturated rings. The molecule has 0 aliphatic carbocycles. The molecule has 1 amide bonds. The van der Waals surface area contributed by atoms with Gasteiger partial charge >= 0.3 is 0 Å². The second-order valence-corrected chi connectivity index (χ2v) is 13.5. The average Bonchev–Trinajstić information content (AvgIpc) is 3.03. The van der Waals surface area contributed by atoms with E-state index >= 15 is 0 Å². The quantitative estimate of drug-likeness (QED) is 0.0562. The van der Waals surface area contributed by atoms with Gasteiger partial charge in [0, 0.05) is 19.4 Å². The number of hydrogen-bond donors (Lipinski definition) is 1. The van der Waals surface area contributed by atoms with Gasteiger partial charge in [-0.2, -0.15) is 0 Å². The van der Waals surface area contributed by atoms with Gasteiger partial charge in [0.25, 0.3) is 0 Å². The van der Waals surface area contributed by atoms with E-state index in [0.29, 0.717) is 19.4 Å². The summed E-state index contributed by atoms with van der Waals surface area (Å²) < 4.78 is 0. The van der Waals surface area contributed by atoms with Gasteiger partial charge in [0.15, 0.2) is 5.78 Å². The van der Waals surface area contributed by atoms with Gasteiger partial charge in [0.05, 0.1) is 0 Å². The molecule has 1 N–H and O–H groups in total. The molecule has 4 heteroatoms. The Morgan fingerprint density at radius 1 is 0.500 bits per heavy atom. The normalized spacial score (nSPS) is 12.9. The van der Waals surface area contributed by atoms with Gasteiger partial charge in [-0.15, -0.1) is 0 Å². The van der Waals surface area contributed by atoms with Gasteiger partial charge in [-0.25, -0.2) is 0 Å². The SMILES string of the molecule is CCCCC/C=C\C/C=C\CCCCCCCCCC(=O)C(CN(C)C)NC(=O)CCCCCCC/C=C\C/C=C\CCCCC. The minimum atomic E-state index is -0.384. The van der Waals surface area contributed by atoms with E-state index in [-0.39, 0.29) is 17.7 Å². The minimum Gasteiger partial charge on any atom is -0.345 e. The first-order chi connectivity index (χ1) is 22.5. The van der Waals surface area contributed by atoms with Crippen molar-refractivity contribution < 1.29 is 9.59 Å². The fourth-order valence-electron chi connectivity index (χ4n) is 5.60. The molecule has 46 heavy (non-hydrogen) atoms. The largest absolute Gasteiger partial charge is 0.345 e. The lowest BCUT2D eigenvalue weighted by Crippen LogP contribution is -2.46. The van der Waals surface area contributed by atoms with E-state index in [1.165, 1.54) is 109 Å². The number of carbonyl (C=O) groups is 2. The van der Waals surface area contributed by atoms with Crippen molar-refractivity contribution in [2.45, 2.75) is 187 Å². The van der Waals surface area contributed by atoms with Crippen molar-refractivity contribution in [3.05, 3.63) is 48.6 Å². The van der Waals surface area contributed by atoms with Crippen molar-refractivity contribution in [1.29, 1.82) is 0 Å². The Hall–Kier alpha value is -1.94. The summed E-state index contributed by atoms with van der Waals surface area (Å²) in [5, 5.41) is 3.05. The first-order valence-electron chi connectivity index (χ1n) is 19.6. The van der Waals surface area contributed by atoms with Crippen molar-refractivity contribution in [3.63, 3.8) is 0 Å². The number of unbranched alkanes of at least 4 members (excludes halogenated alkanes) is 18. The van der Waals surface area contributed by atoms with E-state index in [1.54, 1.807) is 0 Å². The lowest BCUT2D eigenvalue weighted by Gasteiger charge is -2.21. The molecule has 0 aromatic carbocycles. The Kier molecular flexibility index (Phi) is 34.4. The molecule has 266 valence electrons. The smallest absolute Gasteiger partial charge is 0.220 e. The van der Waals surface area contributed by atoms with Crippen molar-refractivity contribution in [1.82, 2.24) is 10.2 Å². The first-order valence-corrected chi connectivity index (χ1v) is 19.6. The van der Waals surface area contributed by atoms with Crippen LogP contribution in [0.5, 0.6) is 0 Å². The van der Waals surface area contributed by atoms with E-state index in [1.807, 2.05) is 19.0 Å². The van der Waals surface area contributed by atoms with Crippen LogP contribution < -0.4 is 5.32 Å². The molecule has 0 aliphatic rings. The van der Waals surface area contributed by atoms with Crippen molar-refractivity contribution in [3.8, 4) is 0 Å². The predicted molar refractivity (Wildman–Crippen MR) is 203 cm³/mol. The predicted octanol–water partition coefficient (Wildman–Crippen LogP) is 12.0. The summed E-state index contributed by atoms with van der Waals surface area (Å²) in [6.07, 6.45) is 48.2. The van der Waals surface area contributed by atoms with Crippen molar-refractivity contribution in [2.24, 2.45) is 0 Å². The van der Waals surface area contributed by atoms with Crippen LogP contribution in [0.2, 0.25) is 0 Å². The Balaban J connectivity index is 3.85. The maximum atomic E-state index is 12.9. The number of carbonyl (C=O) groups excluding carboxylic acids is 2. The van der Waals surface area contributed by atoms with Crippen LogP contribution in [-0.2, 0) is 9.59 Å². The molecule has 0 saturated carbocycles. The molecular formula is C42H76N2O2. The van der Waals surface area contributed by atoms with Crippen LogP contribution >= 0.6 is 0 Å². The lowest BCUT2D eigenvalue weighted by atomic mass is 10.0. The Morgan fingerprint density at radius 2 is 0.870 bits per heavy atom. The number of nitrogens with zero attached hydrogens (tertiary/aromatic N) is 1.